The molecule has 0 radical (unpaired) electrons. The quantitative estimate of drug-likeness (QED) is 0.591. The van der Waals surface area contributed by atoms with E-state index in [9.17, 15) is 8.60 Å². The van der Waals surface area contributed by atoms with Crippen LogP contribution in [-0.4, -0.2) is 14.0 Å². The first-order valence-corrected chi connectivity index (χ1v) is 3.99. The number of hydrogen-bond donors (Lipinski definition) is 1. The van der Waals surface area contributed by atoms with Gasteiger partial charge in [-0.2, -0.15) is 0 Å². The average Bonchev–Trinajstić information content (AvgIpc) is 1.88. The SMILES string of the molecule is O=S(O)C1C=CC=C(F)C1. The standard InChI is InChI=1S/C6H7FO2S/c7-5-2-1-3-6(4-5)10(8)9/h1-3,6H,4H2,(H,8,9). The first-order chi connectivity index (χ1) is 4.70. The Morgan fingerprint density at radius 1 is 1.80 bits per heavy atom. The maximum atomic E-state index is 12.4. The van der Waals surface area contributed by atoms with E-state index in [4.69, 9.17) is 4.55 Å². The van der Waals surface area contributed by atoms with Crippen LogP contribution in [0.25, 0.3) is 0 Å². The van der Waals surface area contributed by atoms with Gasteiger partial charge in [-0.25, -0.2) is 8.60 Å². The monoisotopic (exact) mass is 162 g/mol. The molecule has 1 aliphatic carbocycles. The van der Waals surface area contributed by atoms with Gasteiger partial charge in [0.15, 0.2) is 11.1 Å². The zero-order valence-corrected chi connectivity index (χ0v) is 5.97. The normalized spacial score (nSPS) is 27.8. The van der Waals surface area contributed by atoms with Gasteiger partial charge in [0.2, 0.25) is 0 Å². The molecule has 0 aromatic heterocycles. The van der Waals surface area contributed by atoms with Crippen LogP contribution in [0.3, 0.4) is 0 Å². The van der Waals surface area contributed by atoms with Gasteiger partial charge < -0.3 is 4.55 Å². The van der Waals surface area contributed by atoms with Gasteiger partial charge in [0.05, 0.1) is 5.25 Å². The van der Waals surface area contributed by atoms with E-state index in [-0.39, 0.29) is 12.2 Å². The molecule has 0 aromatic carbocycles. The fourth-order valence-corrected chi connectivity index (χ4v) is 1.28. The fraction of sp³-hybridized carbons (Fsp3) is 0.333. The molecule has 0 saturated carbocycles. The van der Waals surface area contributed by atoms with Gasteiger partial charge in [0.25, 0.3) is 0 Å². The molecule has 0 heterocycles. The van der Waals surface area contributed by atoms with Crippen LogP contribution < -0.4 is 0 Å². The van der Waals surface area contributed by atoms with Crippen molar-refractivity contribution in [1.82, 2.24) is 0 Å². The predicted molar refractivity (Wildman–Crippen MR) is 37.5 cm³/mol. The zero-order chi connectivity index (χ0) is 7.56. The summed E-state index contributed by atoms with van der Waals surface area (Å²) in [5.74, 6) is -0.338. The van der Waals surface area contributed by atoms with Gasteiger partial charge >= 0.3 is 0 Å². The second kappa shape index (κ2) is 3.07. The molecule has 1 N–H and O–H groups in total. The molecule has 0 spiro atoms. The van der Waals surface area contributed by atoms with Crippen LogP contribution in [0.1, 0.15) is 6.42 Å². The third-order valence-corrected chi connectivity index (χ3v) is 2.10. The molecule has 0 bridgehead atoms. The highest BCUT2D eigenvalue weighted by atomic mass is 32.2. The molecule has 1 aliphatic rings. The van der Waals surface area contributed by atoms with Crippen molar-refractivity contribution in [2.24, 2.45) is 0 Å². The smallest absolute Gasteiger partial charge is 0.160 e. The summed E-state index contributed by atoms with van der Waals surface area (Å²) >= 11 is -1.94. The maximum Gasteiger partial charge on any atom is 0.160 e. The molecule has 56 valence electrons. The molecule has 2 unspecified atom stereocenters. The summed E-state index contributed by atoms with van der Waals surface area (Å²) in [7, 11) is 0. The summed E-state index contributed by atoms with van der Waals surface area (Å²) in [6.07, 6.45) is 4.32. The minimum absolute atomic E-state index is 0.0413. The summed E-state index contributed by atoms with van der Waals surface area (Å²) in [4.78, 5) is 0. The van der Waals surface area contributed by atoms with E-state index in [1.54, 1.807) is 0 Å². The van der Waals surface area contributed by atoms with Crippen LogP contribution in [-0.2, 0) is 11.1 Å². The van der Waals surface area contributed by atoms with E-state index in [0.717, 1.165) is 0 Å². The van der Waals surface area contributed by atoms with Gasteiger partial charge in [0.1, 0.15) is 5.83 Å². The molecular formula is C6H7FO2S. The second-order valence-electron chi connectivity index (χ2n) is 2.02. The Hall–Kier alpha value is -0.480. The molecule has 4 heteroatoms. The van der Waals surface area contributed by atoms with Crippen molar-refractivity contribution in [3.8, 4) is 0 Å². The Kier molecular flexibility index (Phi) is 2.34. The fourth-order valence-electron chi connectivity index (χ4n) is 0.751. The number of allylic oxidation sites excluding steroid dienone is 3. The predicted octanol–water partition coefficient (Wildman–Crippen LogP) is 1.39. The molecule has 1 rings (SSSR count). The Morgan fingerprint density at radius 3 is 2.90 bits per heavy atom. The molecule has 10 heavy (non-hydrogen) atoms. The Morgan fingerprint density at radius 2 is 2.50 bits per heavy atom. The van der Waals surface area contributed by atoms with Crippen molar-refractivity contribution >= 4 is 11.1 Å². The lowest BCUT2D eigenvalue weighted by molar-refractivity contribution is 0.537. The molecular weight excluding hydrogens is 155 g/mol. The molecule has 2 nitrogen and oxygen atoms in total. The van der Waals surface area contributed by atoms with E-state index in [0.29, 0.717) is 0 Å². The Balaban J connectivity index is 2.64. The molecule has 0 fully saturated rings. The third kappa shape index (κ3) is 1.75. The van der Waals surface area contributed by atoms with Crippen LogP contribution in [0.2, 0.25) is 0 Å². The molecule has 0 amide bonds. The highest BCUT2D eigenvalue weighted by Gasteiger charge is 2.15. The van der Waals surface area contributed by atoms with E-state index in [1.165, 1.54) is 18.2 Å². The van der Waals surface area contributed by atoms with Crippen LogP contribution in [0.15, 0.2) is 24.1 Å². The first-order valence-electron chi connectivity index (χ1n) is 2.82. The lowest BCUT2D eigenvalue weighted by atomic mass is 10.2. The van der Waals surface area contributed by atoms with E-state index < -0.39 is 16.3 Å². The highest BCUT2D eigenvalue weighted by molar-refractivity contribution is 7.80. The van der Waals surface area contributed by atoms with Crippen molar-refractivity contribution in [2.45, 2.75) is 11.7 Å². The van der Waals surface area contributed by atoms with Crippen molar-refractivity contribution < 1.29 is 13.2 Å². The van der Waals surface area contributed by atoms with Gasteiger partial charge in [-0.15, -0.1) is 0 Å². The zero-order valence-electron chi connectivity index (χ0n) is 5.16. The summed E-state index contributed by atoms with van der Waals surface area (Å²) in [6.45, 7) is 0. The van der Waals surface area contributed by atoms with Crippen LogP contribution >= 0.6 is 0 Å². The second-order valence-corrected chi connectivity index (χ2v) is 3.18. The molecule has 0 saturated heterocycles. The van der Waals surface area contributed by atoms with Crippen molar-refractivity contribution in [1.29, 1.82) is 0 Å². The summed E-state index contributed by atoms with van der Waals surface area (Å²) in [5, 5.41) is -0.565. The number of rotatable bonds is 1. The minimum Gasteiger partial charge on any atom is -0.306 e. The summed E-state index contributed by atoms with van der Waals surface area (Å²) < 4.78 is 31.2. The number of halogens is 1. The van der Waals surface area contributed by atoms with Gasteiger partial charge in [-0.3, -0.25) is 0 Å². The van der Waals surface area contributed by atoms with Gasteiger partial charge in [0, 0.05) is 6.42 Å². The van der Waals surface area contributed by atoms with Gasteiger partial charge in [-0.1, -0.05) is 12.2 Å². The lowest BCUT2D eigenvalue weighted by Crippen LogP contribution is -2.12. The molecule has 2 atom stereocenters. The summed E-state index contributed by atoms with van der Waals surface area (Å²) in [5.41, 5.74) is 0. The van der Waals surface area contributed by atoms with Gasteiger partial charge in [-0.05, 0) is 6.08 Å². The molecule has 0 aromatic rings. The Labute approximate surface area is 60.7 Å². The average molecular weight is 162 g/mol. The van der Waals surface area contributed by atoms with Crippen LogP contribution in [0, 0.1) is 0 Å². The van der Waals surface area contributed by atoms with Crippen molar-refractivity contribution in [3.63, 3.8) is 0 Å². The van der Waals surface area contributed by atoms with E-state index in [1.807, 2.05) is 0 Å². The first kappa shape index (κ1) is 7.63. The number of hydrogen-bond acceptors (Lipinski definition) is 1. The third-order valence-electron chi connectivity index (χ3n) is 1.26. The highest BCUT2D eigenvalue weighted by Crippen LogP contribution is 2.16. The summed E-state index contributed by atoms with van der Waals surface area (Å²) in [6, 6.07) is 0. The van der Waals surface area contributed by atoms with E-state index in [2.05, 4.69) is 0 Å². The van der Waals surface area contributed by atoms with Crippen LogP contribution in [0.4, 0.5) is 4.39 Å². The minimum atomic E-state index is -1.94. The topological polar surface area (TPSA) is 37.3 Å². The maximum absolute atomic E-state index is 12.4. The van der Waals surface area contributed by atoms with E-state index >= 15 is 0 Å². The van der Waals surface area contributed by atoms with Crippen LogP contribution in [0.5, 0.6) is 0 Å². The largest absolute Gasteiger partial charge is 0.306 e. The van der Waals surface area contributed by atoms with Crippen molar-refractivity contribution in [3.05, 3.63) is 24.1 Å². The van der Waals surface area contributed by atoms with Crippen molar-refractivity contribution in [2.75, 3.05) is 0 Å². The Bertz CT molecular complexity index is 210. The lowest BCUT2D eigenvalue weighted by Gasteiger charge is -2.08. The molecule has 0 aliphatic heterocycles.